The molecule has 2 fully saturated rings. The van der Waals surface area contributed by atoms with Gasteiger partial charge in [0.05, 0.1) is 6.61 Å². The van der Waals surface area contributed by atoms with Gasteiger partial charge < -0.3 is 19.3 Å². The molecule has 0 aromatic rings. The third kappa shape index (κ3) is 1.33. The maximum absolute atomic E-state index is 11.2. The molecule has 0 aliphatic carbocycles. The van der Waals surface area contributed by atoms with Gasteiger partial charge >= 0.3 is 5.97 Å². The minimum absolute atomic E-state index is 0.230. The van der Waals surface area contributed by atoms with E-state index in [0.29, 0.717) is 0 Å². The van der Waals surface area contributed by atoms with Crippen LogP contribution in [0.25, 0.3) is 0 Å². The SMILES string of the molecule is CC1(C)O[C@@H]2C(=O)OC(CO)[C@@H]2O1. The molecule has 0 aromatic carbocycles. The summed E-state index contributed by atoms with van der Waals surface area (Å²) < 4.78 is 15.6. The van der Waals surface area contributed by atoms with Crippen molar-refractivity contribution in [3.8, 4) is 0 Å². The predicted octanol–water partition coefficient (Wildman–Crippen LogP) is -0.576. The second kappa shape index (κ2) is 2.67. The largest absolute Gasteiger partial charge is 0.455 e. The summed E-state index contributed by atoms with van der Waals surface area (Å²) in [5.74, 6) is -1.21. The topological polar surface area (TPSA) is 65.0 Å². The predicted molar refractivity (Wildman–Crippen MR) is 40.8 cm³/mol. The molecule has 0 saturated carbocycles. The van der Waals surface area contributed by atoms with Crippen molar-refractivity contribution in [2.24, 2.45) is 0 Å². The number of esters is 1. The number of hydrogen-bond donors (Lipinski definition) is 1. The van der Waals surface area contributed by atoms with E-state index in [2.05, 4.69) is 0 Å². The molecule has 2 saturated heterocycles. The first-order valence-corrected chi connectivity index (χ1v) is 4.20. The Morgan fingerprint density at radius 3 is 2.77 bits per heavy atom. The fraction of sp³-hybridized carbons (Fsp3) is 0.875. The zero-order chi connectivity index (χ0) is 9.64. The number of hydrogen-bond acceptors (Lipinski definition) is 5. The van der Waals surface area contributed by atoms with Crippen LogP contribution >= 0.6 is 0 Å². The van der Waals surface area contributed by atoms with E-state index in [1.165, 1.54) is 0 Å². The number of aliphatic hydroxyl groups excluding tert-OH is 1. The van der Waals surface area contributed by atoms with E-state index in [1.54, 1.807) is 13.8 Å². The van der Waals surface area contributed by atoms with Crippen LogP contribution < -0.4 is 0 Å². The summed E-state index contributed by atoms with van der Waals surface area (Å²) in [6.07, 6.45) is -1.72. The van der Waals surface area contributed by atoms with Crippen LogP contribution in [0.3, 0.4) is 0 Å². The second-order valence-electron chi connectivity index (χ2n) is 3.68. The smallest absolute Gasteiger partial charge is 0.338 e. The number of carbonyl (C=O) groups excluding carboxylic acids is 1. The molecule has 1 N–H and O–H groups in total. The molecule has 2 aliphatic heterocycles. The molecule has 2 rings (SSSR count). The molecule has 74 valence electrons. The number of ether oxygens (including phenoxy) is 3. The molecule has 0 radical (unpaired) electrons. The minimum atomic E-state index is -0.762. The lowest BCUT2D eigenvalue weighted by molar-refractivity contribution is -0.188. The van der Waals surface area contributed by atoms with Gasteiger partial charge in [0.25, 0.3) is 0 Å². The van der Waals surface area contributed by atoms with Gasteiger partial charge in [0.1, 0.15) is 6.10 Å². The zero-order valence-electron chi connectivity index (χ0n) is 7.52. The summed E-state index contributed by atoms with van der Waals surface area (Å²) in [5, 5.41) is 8.89. The Hall–Kier alpha value is -0.650. The van der Waals surface area contributed by atoms with Crippen LogP contribution in [0, 0.1) is 0 Å². The maximum Gasteiger partial charge on any atom is 0.338 e. The zero-order valence-corrected chi connectivity index (χ0v) is 7.52. The Labute approximate surface area is 75.6 Å². The lowest BCUT2D eigenvalue weighted by atomic mass is 10.1. The Morgan fingerprint density at radius 2 is 2.15 bits per heavy atom. The van der Waals surface area contributed by atoms with Gasteiger partial charge in [0.15, 0.2) is 18.0 Å². The highest BCUT2D eigenvalue weighted by atomic mass is 16.8. The fourth-order valence-corrected chi connectivity index (χ4v) is 1.67. The van der Waals surface area contributed by atoms with E-state index in [4.69, 9.17) is 19.3 Å². The molecule has 0 amide bonds. The van der Waals surface area contributed by atoms with Gasteiger partial charge in [-0.15, -0.1) is 0 Å². The first kappa shape index (κ1) is 8.93. The number of carbonyl (C=O) groups is 1. The normalized spacial score (nSPS) is 41.8. The average Bonchev–Trinajstić information content (AvgIpc) is 2.47. The standard InChI is InChI=1S/C8H12O5/c1-8(2)12-5-4(3-9)11-7(10)6(5)13-8/h4-6,9H,3H2,1-2H3/t4?,5-,6-/m0/s1. The Bertz CT molecular complexity index is 237. The Morgan fingerprint density at radius 1 is 1.46 bits per heavy atom. The van der Waals surface area contributed by atoms with Crippen LogP contribution in [0.4, 0.5) is 0 Å². The van der Waals surface area contributed by atoms with Gasteiger partial charge in [0.2, 0.25) is 0 Å². The maximum atomic E-state index is 11.2. The molecule has 0 bridgehead atoms. The van der Waals surface area contributed by atoms with E-state index in [9.17, 15) is 4.79 Å². The monoisotopic (exact) mass is 188 g/mol. The first-order valence-electron chi connectivity index (χ1n) is 4.20. The van der Waals surface area contributed by atoms with Gasteiger partial charge in [-0.05, 0) is 13.8 Å². The lowest BCUT2D eigenvalue weighted by Gasteiger charge is -2.20. The van der Waals surface area contributed by atoms with E-state index in [0.717, 1.165) is 0 Å². The molecule has 1 unspecified atom stereocenters. The summed E-state index contributed by atoms with van der Waals surface area (Å²) in [6, 6.07) is 0. The van der Waals surface area contributed by atoms with Gasteiger partial charge in [0, 0.05) is 0 Å². The number of fused-ring (bicyclic) bond motifs is 1. The van der Waals surface area contributed by atoms with Gasteiger partial charge in [-0.1, -0.05) is 0 Å². The van der Waals surface area contributed by atoms with Gasteiger partial charge in [-0.25, -0.2) is 4.79 Å². The number of cyclic esters (lactones) is 1. The van der Waals surface area contributed by atoms with Crippen LogP contribution in [-0.4, -0.2) is 41.8 Å². The van der Waals surface area contributed by atoms with Crippen LogP contribution in [0.1, 0.15) is 13.8 Å². The highest BCUT2D eigenvalue weighted by Gasteiger charge is 2.55. The molecular formula is C8H12O5. The molecule has 5 nitrogen and oxygen atoms in total. The van der Waals surface area contributed by atoms with Crippen molar-refractivity contribution in [3.05, 3.63) is 0 Å². The van der Waals surface area contributed by atoms with E-state index in [1.807, 2.05) is 0 Å². The highest BCUT2D eigenvalue weighted by Crippen LogP contribution is 2.35. The van der Waals surface area contributed by atoms with Crippen molar-refractivity contribution in [1.82, 2.24) is 0 Å². The average molecular weight is 188 g/mol. The lowest BCUT2D eigenvalue weighted by Crippen LogP contribution is -2.31. The van der Waals surface area contributed by atoms with Crippen molar-refractivity contribution in [1.29, 1.82) is 0 Å². The number of aliphatic hydroxyl groups is 1. The summed E-state index contributed by atoms with van der Waals surface area (Å²) in [7, 11) is 0. The molecule has 2 aliphatic rings. The van der Waals surface area contributed by atoms with Crippen molar-refractivity contribution < 1.29 is 24.1 Å². The van der Waals surface area contributed by atoms with Crippen LogP contribution in [-0.2, 0) is 19.0 Å². The second-order valence-corrected chi connectivity index (χ2v) is 3.68. The van der Waals surface area contributed by atoms with Crippen molar-refractivity contribution in [2.45, 2.75) is 37.9 Å². The molecule has 0 aromatic heterocycles. The van der Waals surface area contributed by atoms with Gasteiger partial charge in [-0.2, -0.15) is 0 Å². The summed E-state index contributed by atoms with van der Waals surface area (Å²) >= 11 is 0. The summed E-state index contributed by atoms with van der Waals surface area (Å²) in [5.41, 5.74) is 0. The Kier molecular flexibility index (Phi) is 1.83. The van der Waals surface area contributed by atoms with Crippen LogP contribution in [0.15, 0.2) is 0 Å². The minimum Gasteiger partial charge on any atom is -0.455 e. The molecular weight excluding hydrogens is 176 g/mol. The third-order valence-corrected chi connectivity index (χ3v) is 2.18. The molecule has 2 heterocycles. The molecule has 3 atom stereocenters. The highest BCUT2D eigenvalue weighted by molar-refractivity contribution is 5.78. The van der Waals surface area contributed by atoms with Crippen LogP contribution in [0.2, 0.25) is 0 Å². The fourth-order valence-electron chi connectivity index (χ4n) is 1.67. The van der Waals surface area contributed by atoms with E-state index < -0.39 is 30.1 Å². The summed E-state index contributed by atoms with van der Waals surface area (Å²) in [6.45, 7) is 3.23. The van der Waals surface area contributed by atoms with Crippen molar-refractivity contribution in [3.63, 3.8) is 0 Å². The third-order valence-electron chi connectivity index (χ3n) is 2.18. The van der Waals surface area contributed by atoms with E-state index >= 15 is 0 Å². The quantitative estimate of drug-likeness (QED) is 0.558. The van der Waals surface area contributed by atoms with Crippen LogP contribution in [0.5, 0.6) is 0 Å². The van der Waals surface area contributed by atoms with Crippen molar-refractivity contribution >= 4 is 5.97 Å². The van der Waals surface area contributed by atoms with Crippen molar-refractivity contribution in [2.75, 3.05) is 6.61 Å². The molecule has 0 spiro atoms. The van der Waals surface area contributed by atoms with E-state index in [-0.39, 0.29) is 6.61 Å². The number of rotatable bonds is 1. The molecule has 5 heteroatoms. The first-order chi connectivity index (χ1) is 6.03. The summed E-state index contributed by atoms with van der Waals surface area (Å²) in [4.78, 5) is 11.2. The Balaban J connectivity index is 2.17. The molecule has 13 heavy (non-hydrogen) atoms. The van der Waals surface area contributed by atoms with Gasteiger partial charge in [-0.3, -0.25) is 0 Å².